The van der Waals surface area contributed by atoms with Crippen molar-refractivity contribution < 1.29 is 0 Å². The fourth-order valence-electron chi connectivity index (χ4n) is 1.86. The number of hydrogen-bond acceptors (Lipinski definition) is 3. The van der Waals surface area contributed by atoms with E-state index in [1.807, 2.05) is 18.2 Å². The minimum Gasteiger partial charge on any atom is -0.227 e. The number of aromatic nitrogens is 2. The highest BCUT2D eigenvalue weighted by Crippen LogP contribution is 2.30. The average Bonchev–Trinajstić information content (AvgIpc) is 2.88. The van der Waals surface area contributed by atoms with Gasteiger partial charge in [-0.15, -0.1) is 11.3 Å². The molecular weight excluding hydrogens is 344 g/mol. The largest absolute Gasteiger partial charge is 0.227 e. The summed E-state index contributed by atoms with van der Waals surface area (Å²) >= 11 is 11.4. The van der Waals surface area contributed by atoms with Crippen LogP contribution < -0.4 is 0 Å². The maximum Gasteiger partial charge on any atom is 0.171 e. The molecule has 2 aromatic heterocycles. The summed E-state index contributed by atoms with van der Waals surface area (Å²) in [5.74, 6) is 0.699. The van der Waals surface area contributed by atoms with E-state index in [2.05, 4.69) is 45.0 Å². The fraction of sp³-hybridized carbons (Fsp3) is 0.143. The van der Waals surface area contributed by atoms with Crippen molar-refractivity contribution in [3.8, 4) is 10.7 Å². The SMILES string of the molecule is CCc1ccc(-c2nc(Cl)c3cc(Br)ccc3n2)s1. The molecule has 0 aliphatic heterocycles. The van der Waals surface area contributed by atoms with Crippen LogP contribution in [0, 0.1) is 0 Å². The third kappa shape index (κ3) is 2.53. The first-order chi connectivity index (χ1) is 9.17. The Morgan fingerprint density at radius 3 is 2.79 bits per heavy atom. The predicted octanol–water partition coefficient (Wildman–Crippen LogP) is 5.34. The van der Waals surface area contributed by atoms with Crippen LogP contribution >= 0.6 is 38.9 Å². The summed E-state index contributed by atoms with van der Waals surface area (Å²) in [6.45, 7) is 2.14. The van der Waals surface area contributed by atoms with Crippen LogP contribution in [0.2, 0.25) is 5.15 Å². The minimum atomic E-state index is 0.493. The smallest absolute Gasteiger partial charge is 0.171 e. The van der Waals surface area contributed by atoms with Gasteiger partial charge in [0.15, 0.2) is 5.82 Å². The number of halogens is 2. The first kappa shape index (κ1) is 13.0. The number of hydrogen-bond donors (Lipinski definition) is 0. The quantitative estimate of drug-likeness (QED) is 0.581. The molecule has 1 aromatic carbocycles. The van der Waals surface area contributed by atoms with Crippen molar-refractivity contribution in [2.45, 2.75) is 13.3 Å². The molecule has 2 nitrogen and oxygen atoms in total. The lowest BCUT2D eigenvalue weighted by Gasteiger charge is -2.03. The second-order valence-corrected chi connectivity index (χ2v) is 6.56. The van der Waals surface area contributed by atoms with Crippen molar-refractivity contribution in [3.05, 3.63) is 44.8 Å². The number of aryl methyl sites for hydroxylation is 1. The van der Waals surface area contributed by atoms with Gasteiger partial charge in [-0.25, -0.2) is 9.97 Å². The van der Waals surface area contributed by atoms with Gasteiger partial charge in [-0.1, -0.05) is 34.5 Å². The van der Waals surface area contributed by atoms with E-state index in [-0.39, 0.29) is 0 Å². The Balaban J connectivity index is 2.17. The van der Waals surface area contributed by atoms with Gasteiger partial charge < -0.3 is 0 Å². The topological polar surface area (TPSA) is 25.8 Å². The van der Waals surface area contributed by atoms with Crippen LogP contribution in [-0.2, 0) is 6.42 Å². The van der Waals surface area contributed by atoms with Crippen molar-refractivity contribution in [3.63, 3.8) is 0 Å². The monoisotopic (exact) mass is 352 g/mol. The van der Waals surface area contributed by atoms with Crippen LogP contribution in [-0.4, -0.2) is 9.97 Å². The maximum absolute atomic E-state index is 6.26. The molecule has 0 saturated heterocycles. The summed E-state index contributed by atoms with van der Waals surface area (Å²) in [6.07, 6.45) is 1.03. The number of fused-ring (bicyclic) bond motifs is 1. The summed E-state index contributed by atoms with van der Waals surface area (Å²) < 4.78 is 0.975. The zero-order chi connectivity index (χ0) is 13.4. The number of thiophene rings is 1. The lowest BCUT2D eigenvalue weighted by atomic mass is 10.2. The van der Waals surface area contributed by atoms with Gasteiger partial charge in [0, 0.05) is 14.7 Å². The molecule has 0 fully saturated rings. The molecule has 0 N–H and O–H groups in total. The Morgan fingerprint density at radius 1 is 1.21 bits per heavy atom. The molecule has 0 bridgehead atoms. The number of benzene rings is 1. The number of rotatable bonds is 2. The lowest BCUT2D eigenvalue weighted by Crippen LogP contribution is -1.90. The van der Waals surface area contributed by atoms with Crippen LogP contribution in [0.15, 0.2) is 34.8 Å². The minimum absolute atomic E-state index is 0.493. The Bertz CT molecular complexity index is 754. The highest BCUT2D eigenvalue weighted by atomic mass is 79.9. The van der Waals surface area contributed by atoms with Gasteiger partial charge in [0.25, 0.3) is 0 Å². The molecule has 19 heavy (non-hydrogen) atoms. The molecular formula is C14H10BrClN2S. The van der Waals surface area contributed by atoms with Gasteiger partial charge in [0.1, 0.15) is 5.15 Å². The normalized spacial score (nSPS) is 11.1. The Hall–Kier alpha value is -0.970. The first-order valence-corrected chi connectivity index (χ1v) is 7.88. The van der Waals surface area contributed by atoms with Crippen molar-refractivity contribution in [2.75, 3.05) is 0 Å². The molecule has 96 valence electrons. The predicted molar refractivity (Wildman–Crippen MR) is 84.9 cm³/mol. The summed E-state index contributed by atoms with van der Waals surface area (Å²) in [5.41, 5.74) is 0.865. The van der Waals surface area contributed by atoms with Gasteiger partial charge in [-0.3, -0.25) is 0 Å². The molecule has 3 aromatic rings. The van der Waals surface area contributed by atoms with Crippen LogP contribution in [0.25, 0.3) is 21.6 Å². The van der Waals surface area contributed by atoms with E-state index in [9.17, 15) is 0 Å². The standard InChI is InChI=1S/C14H10BrClN2S/c1-2-9-4-6-12(19-9)14-17-11-5-3-8(15)7-10(11)13(16)18-14/h3-7H,2H2,1H3. The van der Waals surface area contributed by atoms with Crippen LogP contribution in [0.5, 0.6) is 0 Å². The van der Waals surface area contributed by atoms with E-state index in [0.717, 1.165) is 26.7 Å². The molecule has 0 amide bonds. The van der Waals surface area contributed by atoms with Crippen LogP contribution in [0.1, 0.15) is 11.8 Å². The summed E-state index contributed by atoms with van der Waals surface area (Å²) in [5, 5.41) is 1.36. The van der Waals surface area contributed by atoms with Crippen LogP contribution in [0.4, 0.5) is 0 Å². The van der Waals surface area contributed by atoms with Crippen molar-refractivity contribution >= 4 is 49.8 Å². The molecule has 2 heterocycles. The average molecular weight is 354 g/mol. The zero-order valence-electron chi connectivity index (χ0n) is 10.2. The number of nitrogens with zero attached hydrogens (tertiary/aromatic N) is 2. The maximum atomic E-state index is 6.26. The molecule has 0 unspecified atom stereocenters. The lowest BCUT2D eigenvalue weighted by molar-refractivity contribution is 1.19. The van der Waals surface area contributed by atoms with Crippen molar-refractivity contribution in [1.82, 2.24) is 9.97 Å². The zero-order valence-corrected chi connectivity index (χ0v) is 13.3. The van der Waals surface area contributed by atoms with E-state index in [0.29, 0.717) is 11.0 Å². The molecule has 0 aliphatic carbocycles. The summed E-state index contributed by atoms with van der Waals surface area (Å²) in [6, 6.07) is 10.0. The van der Waals surface area contributed by atoms with Gasteiger partial charge in [0.2, 0.25) is 0 Å². The fourth-order valence-corrected chi connectivity index (χ4v) is 3.34. The molecule has 3 rings (SSSR count). The highest BCUT2D eigenvalue weighted by Gasteiger charge is 2.10. The Morgan fingerprint density at radius 2 is 2.05 bits per heavy atom. The van der Waals surface area contributed by atoms with Crippen molar-refractivity contribution in [2.24, 2.45) is 0 Å². The third-order valence-corrected chi connectivity index (χ3v) is 4.85. The van der Waals surface area contributed by atoms with E-state index < -0.39 is 0 Å². The second-order valence-electron chi connectivity index (χ2n) is 4.12. The molecule has 0 atom stereocenters. The molecule has 0 aliphatic rings. The van der Waals surface area contributed by atoms with E-state index in [1.165, 1.54) is 4.88 Å². The third-order valence-electron chi connectivity index (χ3n) is 2.84. The second kappa shape index (κ2) is 5.19. The van der Waals surface area contributed by atoms with Gasteiger partial charge in [-0.2, -0.15) is 0 Å². The Labute approximate surface area is 128 Å². The van der Waals surface area contributed by atoms with E-state index in [1.54, 1.807) is 11.3 Å². The van der Waals surface area contributed by atoms with Gasteiger partial charge >= 0.3 is 0 Å². The van der Waals surface area contributed by atoms with Gasteiger partial charge in [-0.05, 0) is 36.8 Å². The molecule has 5 heteroatoms. The molecule has 0 spiro atoms. The van der Waals surface area contributed by atoms with Crippen LogP contribution in [0.3, 0.4) is 0 Å². The summed E-state index contributed by atoms with van der Waals surface area (Å²) in [4.78, 5) is 11.4. The van der Waals surface area contributed by atoms with E-state index >= 15 is 0 Å². The van der Waals surface area contributed by atoms with E-state index in [4.69, 9.17) is 11.6 Å². The first-order valence-electron chi connectivity index (χ1n) is 5.89. The Kier molecular flexibility index (Phi) is 3.56. The van der Waals surface area contributed by atoms with Gasteiger partial charge in [0.05, 0.1) is 10.4 Å². The highest BCUT2D eigenvalue weighted by molar-refractivity contribution is 9.10. The molecule has 0 radical (unpaired) electrons. The molecule has 0 saturated carbocycles. The summed E-state index contributed by atoms with van der Waals surface area (Å²) in [7, 11) is 0. The van der Waals surface area contributed by atoms with Crippen molar-refractivity contribution in [1.29, 1.82) is 0 Å².